The fraction of sp³-hybridized carbons (Fsp3) is 0.615. The maximum atomic E-state index is 4.50. The number of anilines is 1. The van der Waals surface area contributed by atoms with Crippen LogP contribution in [0.3, 0.4) is 0 Å². The summed E-state index contributed by atoms with van der Waals surface area (Å²) in [5.41, 5.74) is 2.29. The molecule has 3 heteroatoms. The summed E-state index contributed by atoms with van der Waals surface area (Å²) in [7, 11) is 2.08. The molecule has 90 valence electrons. The van der Waals surface area contributed by atoms with Crippen molar-refractivity contribution in [2.45, 2.75) is 33.2 Å². The average Bonchev–Trinajstić information content (AvgIpc) is 2.35. The van der Waals surface area contributed by atoms with E-state index in [-0.39, 0.29) is 0 Å². The Bertz CT molecular complexity index is 295. The average molecular weight is 221 g/mol. The Morgan fingerprint density at radius 1 is 1.38 bits per heavy atom. The van der Waals surface area contributed by atoms with E-state index >= 15 is 0 Å². The molecule has 0 aromatic carbocycles. The van der Waals surface area contributed by atoms with Gasteiger partial charge in [-0.3, -0.25) is 4.98 Å². The summed E-state index contributed by atoms with van der Waals surface area (Å²) >= 11 is 0. The lowest BCUT2D eigenvalue weighted by Gasteiger charge is -2.18. The molecule has 0 aliphatic heterocycles. The lowest BCUT2D eigenvalue weighted by molar-refractivity contribution is 0.558. The summed E-state index contributed by atoms with van der Waals surface area (Å²) in [4.78, 5) is 6.68. The van der Waals surface area contributed by atoms with Crippen LogP contribution in [0, 0.1) is 0 Å². The van der Waals surface area contributed by atoms with Gasteiger partial charge in [-0.15, -0.1) is 0 Å². The quantitative estimate of drug-likeness (QED) is 0.800. The molecule has 0 saturated carbocycles. The Labute approximate surface area is 98.9 Å². The molecule has 1 atom stereocenters. The van der Waals surface area contributed by atoms with Gasteiger partial charge in [0.05, 0.1) is 17.6 Å². The van der Waals surface area contributed by atoms with Crippen LogP contribution in [-0.2, 0) is 0 Å². The molecule has 1 aromatic heterocycles. The number of nitrogens with one attached hydrogen (secondary N) is 1. The first-order valence-electron chi connectivity index (χ1n) is 6.09. The number of hydrogen-bond acceptors (Lipinski definition) is 3. The minimum atomic E-state index is 0.334. The summed E-state index contributed by atoms with van der Waals surface area (Å²) in [6, 6.07) is 4.58. The van der Waals surface area contributed by atoms with Crippen molar-refractivity contribution >= 4 is 5.69 Å². The highest BCUT2D eigenvalue weighted by Gasteiger charge is 2.06. The molecule has 0 saturated heterocycles. The third-order valence-electron chi connectivity index (χ3n) is 2.83. The van der Waals surface area contributed by atoms with Crippen molar-refractivity contribution in [3.05, 3.63) is 24.0 Å². The van der Waals surface area contributed by atoms with Crippen LogP contribution in [-0.4, -0.2) is 25.1 Å². The first-order chi connectivity index (χ1) is 7.69. The second kappa shape index (κ2) is 6.48. The van der Waals surface area contributed by atoms with Crippen molar-refractivity contribution in [3.8, 4) is 0 Å². The molecule has 1 rings (SSSR count). The van der Waals surface area contributed by atoms with Crippen LogP contribution < -0.4 is 10.2 Å². The van der Waals surface area contributed by atoms with Gasteiger partial charge in [-0.1, -0.05) is 6.92 Å². The summed E-state index contributed by atoms with van der Waals surface area (Å²) in [6.07, 6.45) is 3.10. The topological polar surface area (TPSA) is 28.2 Å². The van der Waals surface area contributed by atoms with Gasteiger partial charge >= 0.3 is 0 Å². The van der Waals surface area contributed by atoms with Gasteiger partial charge in [0.15, 0.2) is 0 Å². The van der Waals surface area contributed by atoms with Crippen LogP contribution in [0.15, 0.2) is 18.3 Å². The third kappa shape index (κ3) is 3.49. The molecule has 1 heterocycles. The van der Waals surface area contributed by atoms with Crippen molar-refractivity contribution in [3.63, 3.8) is 0 Å². The molecule has 0 aliphatic carbocycles. The van der Waals surface area contributed by atoms with E-state index in [1.165, 1.54) is 5.69 Å². The highest BCUT2D eigenvalue weighted by atomic mass is 15.1. The van der Waals surface area contributed by atoms with Crippen LogP contribution in [0.25, 0.3) is 0 Å². The van der Waals surface area contributed by atoms with E-state index in [9.17, 15) is 0 Å². The van der Waals surface area contributed by atoms with E-state index in [4.69, 9.17) is 0 Å². The molecule has 16 heavy (non-hydrogen) atoms. The molecule has 0 fully saturated rings. The molecule has 1 aromatic rings. The van der Waals surface area contributed by atoms with Crippen LogP contribution in [0.2, 0.25) is 0 Å². The van der Waals surface area contributed by atoms with E-state index in [0.717, 1.165) is 25.2 Å². The zero-order chi connectivity index (χ0) is 12.0. The van der Waals surface area contributed by atoms with E-state index in [1.54, 1.807) is 0 Å². The van der Waals surface area contributed by atoms with Gasteiger partial charge < -0.3 is 10.2 Å². The van der Waals surface area contributed by atoms with Crippen molar-refractivity contribution < 1.29 is 0 Å². The minimum absolute atomic E-state index is 0.334. The second-order valence-electron chi connectivity index (χ2n) is 4.13. The molecule has 0 radical (unpaired) electrons. The lowest BCUT2D eigenvalue weighted by atomic mass is 10.2. The Morgan fingerprint density at radius 3 is 2.62 bits per heavy atom. The minimum Gasteiger partial charge on any atom is -0.374 e. The maximum Gasteiger partial charge on any atom is 0.0572 e. The fourth-order valence-corrected chi connectivity index (χ4v) is 1.53. The number of pyridine rings is 1. The smallest absolute Gasteiger partial charge is 0.0572 e. The Morgan fingerprint density at radius 2 is 2.12 bits per heavy atom. The molecule has 0 spiro atoms. The predicted molar refractivity (Wildman–Crippen MR) is 69.9 cm³/mol. The van der Waals surface area contributed by atoms with Crippen molar-refractivity contribution in [2.75, 3.05) is 25.0 Å². The molecule has 1 unspecified atom stereocenters. The van der Waals surface area contributed by atoms with Gasteiger partial charge in [-0.2, -0.15) is 0 Å². The SMILES string of the molecule is CCCNC(C)c1ccc(N(C)CC)cn1. The van der Waals surface area contributed by atoms with E-state index in [1.807, 2.05) is 6.20 Å². The zero-order valence-electron chi connectivity index (χ0n) is 10.8. The van der Waals surface area contributed by atoms with E-state index < -0.39 is 0 Å². The largest absolute Gasteiger partial charge is 0.374 e. The van der Waals surface area contributed by atoms with Gasteiger partial charge in [0.25, 0.3) is 0 Å². The number of aromatic nitrogens is 1. The summed E-state index contributed by atoms with van der Waals surface area (Å²) in [6.45, 7) is 8.51. The highest BCUT2D eigenvalue weighted by Crippen LogP contribution is 2.15. The second-order valence-corrected chi connectivity index (χ2v) is 4.13. The normalized spacial score (nSPS) is 12.5. The van der Waals surface area contributed by atoms with Crippen LogP contribution in [0.1, 0.15) is 38.9 Å². The summed E-state index contributed by atoms with van der Waals surface area (Å²) < 4.78 is 0. The fourth-order valence-electron chi connectivity index (χ4n) is 1.53. The highest BCUT2D eigenvalue weighted by molar-refractivity contribution is 5.43. The third-order valence-corrected chi connectivity index (χ3v) is 2.83. The molecular formula is C13H23N3. The monoisotopic (exact) mass is 221 g/mol. The van der Waals surface area contributed by atoms with Gasteiger partial charge in [-0.05, 0) is 38.9 Å². The molecule has 0 amide bonds. The number of nitrogens with zero attached hydrogens (tertiary/aromatic N) is 2. The molecule has 0 bridgehead atoms. The molecular weight excluding hydrogens is 198 g/mol. The van der Waals surface area contributed by atoms with Crippen molar-refractivity contribution in [2.24, 2.45) is 0 Å². The number of hydrogen-bond donors (Lipinski definition) is 1. The molecule has 3 nitrogen and oxygen atoms in total. The van der Waals surface area contributed by atoms with Crippen molar-refractivity contribution in [1.29, 1.82) is 0 Å². The maximum absolute atomic E-state index is 4.50. The molecule has 0 aliphatic rings. The van der Waals surface area contributed by atoms with E-state index in [0.29, 0.717) is 6.04 Å². The first-order valence-corrected chi connectivity index (χ1v) is 6.09. The van der Waals surface area contributed by atoms with Crippen LogP contribution in [0.4, 0.5) is 5.69 Å². The van der Waals surface area contributed by atoms with Gasteiger partial charge in [0.2, 0.25) is 0 Å². The predicted octanol–water partition coefficient (Wildman–Crippen LogP) is 2.60. The molecule has 1 N–H and O–H groups in total. The van der Waals surface area contributed by atoms with E-state index in [2.05, 4.69) is 55.2 Å². The zero-order valence-corrected chi connectivity index (χ0v) is 10.8. The standard InChI is InChI=1S/C13H23N3/c1-5-9-14-11(3)13-8-7-12(10-15-13)16(4)6-2/h7-8,10-11,14H,5-6,9H2,1-4H3. The number of rotatable bonds is 6. The van der Waals surface area contributed by atoms with Crippen LogP contribution >= 0.6 is 0 Å². The lowest BCUT2D eigenvalue weighted by Crippen LogP contribution is -2.21. The van der Waals surface area contributed by atoms with Gasteiger partial charge in [-0.25, -0.2) is 0 Å². The first kappa shape index (κ1) is 13.0. The Kier molecular flexibility index (Phi) is 5.26. The Hall–Kier alpha value is -1.09. The van der Waals surface area contributed by atoms with Crippen LogP contribution in [0.5, 0.6) is 0 Å². The van der Waals surface area contributed by atoms with Gasteiger partial charge in [0, 0.05) is 19.6 Å². The van der Waals surface area contributed by atoms with Crippen molar-refractivity contribution in [1.82, 2.24) is 10.3 Å². The summed E-state index contributed by atoms with van der Waals surface area (Å²) in [5.74, 6) is 0. The summed E-state index contributed by atoms with van der Waals surface area (Å²) in [5, 5.41) is 3.44. The Balaban J connectivity index is 2.63. The van der Waals surface area contributed by atoms with Gasteiger partial charge in [0.1, 0.15) is 0 Å².